The molecule has 0 aliphatic carbocycles. The molecule has 0 saturated carbocycles. The largest absolute Gasteiger partial charge is 0.350 e. The van der Waals surface area contributed by atoms with Gasteiger partial charge in [-0.1, -0.05) is 26.7 Å². The maximum atomic E-state index is 12.0. The Labute approximate surface area is 129 Å². The molecule has 4 nitrogen and oxygen atoms in total. The van der Waals surface area contributed by atoms with E-state index in [0.717, 1.165) is 30.6 Å². The number of nitrogens with one attached hydrogen (secondary N) is 1. The van der Waals surface area contributed by atoms with Crippen molar-refractivity contribution in [1.29, 1.82) is 0 Å². The fraction of sp³-hybridized carbons (Fsp3) is 0.615. The predicted molar refractivity (Wildman–Crippen MR) is 83.0 cm³/mol. The smallest absolute Gasteiger partial charge is 0.270 e. The van der Waals surface area contributed by atoms with Gasteiger partial charge >= 0.3 is 0 Å². The van der Waals surface area contributed by atoms with E-state index in [0.29, 0.717) is 11.5 Å². The molecule has 114 valence electrons. The van der Waals surface area contributed by atoms with E-state index in [-0.39, 0.29) is 16.2 Å². The molecule has 0 fully saturated rings. The van der Waals surface area contributed by atoms with Gasteiger partial charge in [-0.25, -0.2) is 8.42 Å². The van der Waals surface area contributed by atoms with Crippen LogP contribution in [0.3, 0.4) is 0 Å². The van der Waals surface area contributed by atoms with Gasteiger partial charge in [-0.3, -0.25) is 4.79 Å². The van der Waals surface area contributed by atoms with Crippen molar-refractivity contribution in [2.45, 2.75) is 50.3 Å². The lowest BCUT2D eigenvalue weighted by molar-refractivity contribution is 0.0938. The van der Waals surface area contributed by atoms with Crippen LogP contribution in [0.4, 0.5) is 0 Å². The number of hydrogen-bond donors (Lipinski definition) is 1. The number of halogens is 1. The topological polar surface area (TPSA) is 63.2 Å². The lowest BCUT2D eigenvalue weighted by atomic mass is 10.0. The van der Waals surface area contributed by atoms with Crippen molar-refractivity contribution in [2.75, 3.05) is 0 Å². The highest BCUT2D eigenvalue weighted by atomic mass is 35.7. The van der Waals surface area contributed by atoms with Crippen LogP contribution in [-0.2, 0) is 9.05 Å². The van der Waals surface area contributed by atoms with Crippen molar-refractivity contribution in [1.82, 2.24) is 5.32 Å². The van der Waals surface area contributed by atoms with E-state index in [1.54, 1.807) is 0 Å². The summed E-state index contributed by atoms with van der Waals surface area (Å²) in [6.45, 7) is 6.29. The summed E-state index contributed by atoms with van der Waals surface area (Å²) in [7, 11) is 1.47. The Hall–Kier alpha value is -0.590. The molecule has 0 aromatic carbocycles. The summed E-state index contributed by atoms with van der Waals surface area (Å²) >= 11 is 0.953. The van der Waals surface area contributed by atoms with E-state index in [9.17, 15) is 13.2 Å². The van der Waals surface area contributed by atoms with Crippen LogP contribution in [0, 0.1) is 5.92 Å². The Morgan fingerprint density at radius 3 is 2.50 bits per heavy atom. The van der Waals surface area contributed by atoms with Gasteiger partial charge in [0.2, 0.25) is 0 Å². The van der Waals surface area contributed by atoms with Gasteiger partial charge in [0.25, 0.3) is 15.0 Å². The van der Waals surface area contributed by atoms with Crippen LogP contribution >= 0.6 is 22.0 Å². The van der Waals surface area contributed by atoms with Crippen molar-refractivity contribution < 1.29 is 13.2 Å². The summed E-state index contributed by atoms with van der Waals surface area (Å²) in [4.78, 5) is 12.0. The lowest BCUT2D eigenvalue weighted by Gasteiger charge is -2.13. The minimum Gasteiger partial charge on any atom is -0.350 e. The Bertz CT molecular complexity index is 552. The first-order valence-electron chi connectivity index (χ1n) is 6.54. The van der Waals surface area contributed by atoms with E-state index in [4.69, 9.17) is 10.7 Å². The molecule has 0 saturated heterocycles. The average Bonchev–Trinajstić information content (AvgIpc) is 2.76. The van der Waals surface area contributed by atoms with Crippen molar-refractivity contribution in [3.63, 3.8) is 0 Å². The van der Waals surface area contributed by atoms with Gasteiger partial charge in [0.05, 0.1) is 5.56 Å². The third-order valence-electron chi connectivity index (χ3n) is 2.87. The maximum Gasteiger partial charge on any atom is 0.270 e. The molecule has 0 spiro atoms. The van der Waals surface area contributed by atoms with Crippen LogP contribution in [-0.4, -0.2) is 20.4 Å². The van der Waals surface area contributed by atoms with Crippen LogP contribution in [0.15, 0.2) is 15.7 Å². The number of rotatable bonds is 7. The quantitative estimate of drug-likeness (QED) is 0.773. The summed E-state index contributed by atoms with van der Waals surface area (Å²) in [6, 6.07) is 1.38. The van der Waals surface area contributed by atoms with Gasteiger partial charge in [0, 0.05) is 22.1 Å². The monoisotopic (exact) mass is 337 g/mol. The molecule has 1 amide bonds. The number of thiophene rings is 1. The molecule has 1 atom stereocenters. The molecule has 0 radical (unpaired) electrons. The molecule has 0 bridgehead atoms. The zero-order chi connectivity index (χ0) is 15.3. The first-order valence-corrected chi connectivity index (χ1v) is 9.73. The van der Waals surface area contributed by atoms with Gasteiger partial charge in [-0.05, 0) is 25.3 Å². The standard InChI is InChI=1S/C13H20ClNO3S2/c1-9(2)5-4-6-10(3)15-13(16)11-7-12(19-8-11)20(14,17)18/h7-10H,4-6H2,1-3H3,(H,15,16). The SMILES string of the molecule is CC(C)CCCC(C)NC(=O)c1csc(S(=O)(=O)Cl)c1. The number of amides is 1. The summed E-state index contributed by atoms with van der Waals surface area (Å²) < 4.78 is 22.3. The van der Waals surface area contributed by atoms with E-state index in [1.165, 1.54) is 11.4 Å². The average molecular weight is 338 g/mol. The number of carbonyl (C=O) groups excluding carboxylic acids is 1. The third-order valence-corrected chi connectivity index (χ3v) is 5.91. The molecular weight excluding hydrogens is 318 g/mol. The van der Waals surface area contributed by atoms with Gasteiger partial charge in [0.1, 0.15) is 4.21 Å². The molecule has 0 aliphatic rings. The second kappa shape index (κ2) is 7.43. The van der Waals surface area contributed by atoms with Crippen molar-refractivity contribution >= 4 is 37.0 Å². The highest BCUT2D eigenvalue weighted by molar-refractivity contribution is 8.15. The molecule has 7 heteroatoms. The van der Waals surface area contributed by atoms with Crippen LogP contribution < -0.4 is 5.32 Å². The first-order chi connectivity index (χ1) is 9.20. The highest BCUT2D eigenvalue weighted by Gasteiger charge is 2.17. The van der Waals surface area contributed by atoms with Crippen LogP contribution in [0.1, 0.15) is 50.4 Å². The molecule has 1 heterocycles. The molecular formula is C13H20ClNO3S2. The fourth-order valence-electron chi connectivity index (χ4n) is 1.78. The first kappa shape index (κ1) is 17.5. The van der Waals surface area contributed by atoms with E-state index >= 15 is 0 Å². The van der Waals surface area contributed by atoms with E-state index in [2.05, 4.69) is 19.2 Å². The Morgan fingerprint density at radius 2 is 2.00 bits per heavy atom. The van der Waals surface area contributed by atoms with Gasteiger partial charge in [0.15, 0.2) is 0 Å². The van der Waals surface area contributed by atoms with Crippen molar-refractivity contribution in [3.8, 4) is 0 Å². The van der Waals surface area contributed by atoms with Crippen molar-refractivity contribution in [2.24, 2.45) is 5.92 Å². The summed E-state index contributed by atoms with van der Waals surface area (Å²) in [5.41, 5.74) is 0.338. The zero-order valence-corrected chi connectivity index (χ0v) is 14.2. The molecule has 1 N–H and O–H groups in total. The molecule has 1 rings (SSSR count). The van der Waals surface area contributed by atoms with Crippen LogP contribution in [0.5, 0.6) is 0 Å². The Kier molecular flexibility index (Phi) is 6.48. The number of hydrogen-bond acceptors (Lipinski definition) is 4. The summed E-state index contributed by atoms with van der Waals surface area (Å²) in [5.74, 6) is 0.399. The second-order valence-electron chi connectivity index (χ2n) is 5.29. The third kappa shape index (κ3) is 5.81. The Morgan fingerprint density at radius 1 is 1.35 bits per heavy atom. The zero-order valence-electron chi connectivity index (χ0n) is 11.8. The van der Waals surface area contributed by atoms with E-state index < -0.39 is 9.05 Å². The van der Waals surface area contributed by atoms with E-state index in [1.807, 2.05) is 6.92 Å². The van der Waals surface area contributed by atoms with Gasteiger partial charge in [-0.15, -0.1) is 11.3 Å². The lowest BCUT2D eigenvalue weighted by Crippen LogP contribution is -2.32. The summed E-state index contributed by atoms with van der Waals surface area (Å²) in [5, 5.41) is 4.37. The minimum absolute atomic E-state index is 0.00298. The molecule has 1 unspecified atom stereocenters. The summed E-state index contributed by atoms with van der Waals surface area (Å²) in [6.07, 6.45) is 3.10. The number of carbonyl (C=O) groups is 1. The second-order valence-corrected chi connectivity index (χ2v) is 9.00. The maximum absolute atomic E-state index is 12.0. The molecule has 1 aromatic rings. The van der Waals surface area contributed by atoms with Crippen LogP contribution in [0.25, 0.3) is 0 Å². The normalized spacial score (nSPS) is 13.4. The molecule has 0 aliphatic heterocycles. The van der Waals surface area contributed by atoms with Crippen LogP contribution in [0.2, 0.25) is 0 Å². The van der Waals surface area contributed by atoms with Crippen molar-refractivity contribution in [3.05, 3.63) is 17.0 Å². The molecule has 1 aromatic heterocycles. The highest BCUT2D eigenvalue weighted by Crippen LogP contribution is 2.23. The minimum atomic E-state index is -3.76. The molecule has 20 heavy (non-hydrogen) atoms. The predicted octanol–water partition coefficient (Wildman–Crippen LogP) is 3.62. The fourth-order valence-corrected chi connectivity index (χ4v) is 3.72. The Balaban J connectivity index is 2.52. The van der Waals surface area contributed by atoms with Gasteiger partial charge < -0.3 is 5.32 Å². The van der Waals surface area contributed by atoms with Gasteiger partial charge in [-0.2, -0.15) is 0 Å².